The van der Waals surface area contributed by atoms with E-state index < -0.39 is 0 Å². The molecule has 0 spiro atoms. The van der Waals surface area contributed by atoms with Crippen LogP contribution in [-0.4, -0.2) is 5.54 Å². The molecule has 0 amide bonds. The maximum atomic E-state index is 3.87. The van der Waals surface area contributed by atoms with Crippen LogP contribution in [0.1, 0.15) is 42.1 Å². The molecule has 1 saturated heterocycles. The highest BCUT2D eigenvalue weighted by Gasteiger charge is 2.54. The number of aryl methyl sites for hydroxylation is 1. The quantitative estimate of drug-likeness (QED) is 0.627. The van der Waals surface area contributed by atoms with Crippen molar-refractivity contribution >= 4 is 11.4 Å². The predicted molar refractivity (Wildman–Crippen MR) is 109 cm³/mol. The van der Waals surface area contributed by atoms with Crippen molar-refractivity contribution in [1.82, 2.24) is 0 Å². The van der Waals surface area contributed by atoms with E-state index in [9.17, 15) is 0 Å². The molecule has 3 atom stereocenters. The summed E-state index contributed by atoms with van der Waals surface area (Å²) in [5, 5.41) is 3.87. The average Bonchev–Trinajstić information content (AvgIpc) is 3.11. The second-order valence-corrected chi connectivity index (χ2v) is 7.91. The van der Waals surface area contributed by atoms with Crippen molar-refractivity contribution in [2.75, 3.05) is 10.2 Å². The zero-order chi connectivity index (χ0) is 17.7. The van der Waals surface area contributed by atoms with Crippen molar-refractivity contribution < 1.29 is 0 Å². The summed E-state index contributed by atoms with van der Waals surface area (Å²) in [6.07, 6.45) is 1.09. The molecular formula is C24H24N2. The van der Waals surface area contributed by atoms with Crippen LogP contribution in [0.5, 0.6) is 0 Å². The van der Waals surface area contributed by atoms with Gasteiger partial charge in [-0.05, 0) is 49.6 Å². The number of nitrogens with zero attached hydrogens (tertiary/aromatic N) is 1. The third-order valence-electron chi connectivity index (χ3n) is 6.00. The Bertz CT molecular complexity index is 935. The zero-order valence-electron chi connectivity index (χ0n) is 15.3. The molecule has 0 aromatic heterocycles. The van der Waals surface area contributed by atoms with Gasteiger partial charge < -0.3 is 10.2 Å². The van der Waals surface area contributed by atoms with Gasteiger partial charge in [-0.2, -0.15) is 0 Å². The number of anilines is 2. The van der Waals surface area contributed by atoms with Gasteiger partial charge in [0, 0.05) is 16.9 Å². The van der Waals surface area contributed by atoms with Gasteiger partial charge in [0.05, 0.1) is 17.6 Å². The molecule has 26 heavy (non-hydrogen) atoms. The first kappa shape index (κ1) is 15.5. The zero-order valence-corrected chi connectivity index (χ0v) is 15.3. The summed E-state index contributed by atoms with van der Waals surface area (Å²) >= 11 is 0. The van der Waals surface area contributed by atoms with Gasteiger partial charge in [0.15, 0.2) is 0 Å². The van der Waals surface area contributed by atoms with Gasteiger partial charge >= 0.3 is 0 Å². The minimum atomic E-state index is 0.0342. The van der Waals surface area contributed by atoms with E-state index in [-0.39, 0.29) is 5.54 Å². The number of para-hydroxylation sites is 1. The summed E-state index contributed by atoms with van der Waals surface area (Å²) < 4.78 is 0. The first-order valence-corrected chi connectivity index (χ1v) is 9.43. The third-order valence-corrected chi connectivity index (χ3v) is 6.00. The molecule has 2 aliphatic rings. The van der Waals surface area contributed by atoms with Crippen LogP contribution in [0, 0.1) is 6.92 Å². The first-order valence-electron chi connectivity index (χ1n) is 9.43. The number of fused-ring (bicyclic) bond motifs is 3. The lowest BCUT2D eigenvalue weighted by molar-refractivity contribution is 0.494. The maximum absolute atomic E-state index is 3.87. The fraction of sp³-hybridized carbons (Fsp3) is 0.250. The van der Waals surface area contributed by atoms with Crippen molar-refractivity contribution in [2.45, 2.75) is 37.9 Å². The van der Waals surface area contributed by atoms with Gasteiger partial charge in [-0.15, -0.1) is 0 Å². The first-order chi connectivity index (χ1) is 12.7. The van der Waals surface area contributed by atoms with Crippen molar-refractivity contribution in [3.63, 3.8) is 0 Å². The molecule has 0 aliphatic carbocycles. The van der Waals surface area contributed by atoms with E-state index in [2.05, 4.69) is 103 Å². The minimum Gasteiger partial charge on any atom is -0.377 e. The maximum Gasteiger partial charge on any atom is 0.0796 e. The van der Waals surface area contributed by atoms with Gasteiger partial charge in [0.2, 0.25) is 0 Å². The Labute approximate surface area is 155 Å². The summed E-state index contributed by atoms with van der Waals surface area (Å²) in [6.45, 7) is 4.55. The van der Waals surface area contributed by atoms with Gasteiger partial charge in [-0.3, -0.25) is 0 Å². The van der Waals surface area contributed by atoms with Crippen LogP contribution in [0.3, 0.4) is 0 Å². The highest BCUT2D eigenvalue weighted by atomic mass is 15.3. The summed E-state index contributed by atoms with van der Waals surface area (Å²) in [7, 11) is 0. The lowest BCUT2D eigenvalue weighted by Crippen LogP contribution is -2.36. The summed E-state index contributed by atoms with van der Waals surface area (Å²) in [6, 6.07) is 29.4. The molecule has 0 bridgehead atoms. The molecule has 2 heterocycles. The Morgan fingerprint density at radius 3 is 2.35 bits per heavy atom. The fourth-order valence-electron chi connectivity index (χ4n) is 4.92. The van der Waals surface area contributed by atoms with Gasteiger partial charge in [0.1, 0.15) is 0 Å². The molecule has 3 aromatic carbocycles. The SMILES string of the molecule is Cc1ccc2c(c1)N[C@@]1(C)C[C@@H](c3ccccc3)N(c3ccccc3)[C@@H]21. The summed E-state index contributed by atoms with van der Waals surface area (Å²) in [4.78, 5) is 2.63. The highest BCUT2D eigenvalue weighted by Crippen LogP contribution is 2.58. The molecule has 2 heteroatoms. The number of hydrogen-bond donors (Lipinski definition) is 1. The Balaban J connectivity index is 1.68. The Morgan fingerprint density at radius 2 is 1.62 bits per heavy atom. The standard InChI is InChI=1S/C24H24N2/c1-17-13-14-20-21(15-17)25-24(2)16-22(18-9-5-3-6-10-18)26(23(20)24)19-11-7-4-8-12-19/h3-15,22-23,25H,16H2,1-2H3/t22-,23-,24-/m0/s1. The lowest BCUT2D eigenvalue weighted by atomic mass is 9.90. The topological polar surface area (TPSA) is 15.3 Å². The number of benzene rings is 3. The van der Waals surface area contributed by atoms with Crippen molar-refractivity contribution in [3.8, 4) is 0 Å². The van der Waals surface area contributed by atoms with E-state index in [4.69, 9.17) is 0 Å². The second-order valence-electron chi connectivity index (χ2n) is 7.91. The second kappa shape index (κ2) is 5.63. The van der Waals surface area contributed by atoms with E-state index in [1.54, 1.807) is 0 Å². The van der Waals surface area contributed by atoms with Crippen LogP contribution >= 0.6 is 0 Å². The van der Waals surface area contributed by atoms with Crippen LogP contribution in [-0.2, 0) is 0 Å². The van der Waals surface area contributed by atoms with Gasteiger partial charge in [-0.25, -0.2) is 0 Å². The van der Waals surface area contributed by atoms with E-state index in [1.165, 1.54) is 28.1 Å². The van der Waals surface area contributed by atoms with Crippen LogP contribution in [0.2, 0.25) is 0 Å². The number of hydrogen-bond acceptors (Lipinski definition) is 2. The largest absolute Gasteiger partial charge is 0.377 e. The van der Waals surface area contributed by atoms with Gasteiger partial charge in [-0.1, -0.05) is 60.7 Å². The number of rotatable bonds is 2. The average molecular weight is 340 g/mol. The van der Waals surface area contributed by atoms with Crippen molar-refractivity contribution in [2.24, 2.45) is 0 Å². The monoisotopic (exact) mass is 340 g/mol. The van der Waals surface area contributed by atoms with E-state index in [1.807, 2.05) is 0 Å². The molecule has 130 valence electrons. The summed E-state index contributed by atoms with van der Waals surface area (Å²) in [5.74, 6) is 0. The Hall–Kier alpha value is -2.74. The molecule has 3 aromatic rings. The molecule has 2 aliphatic heterocycles. The minimum absolute atomic E-state index is 0.0342. The number of nitrogens with one attached hydrogen (secondary N) is 1. The van der Waals surface area contributed by atoms with Crippen LogP contribution in [0.15, 0.2) is 78.9 Å². The smallest absolute Gasteiger partial charge is 0.0796 e. The lowest BCUT2D eigenvalue weighted by Gasteiger charge is -2.34. The molecule has 5 rings (SSSR count). The van der Waals surface area contributed by atoms with Crippen LogP contribution < -0.4 is 10.2 Å². The predicted octanol–water partition coefficient (Wildman–Crippen LogP) is 5.87. The fourth-order valence-corrected chi connectivity index (χ4v) is 4.92. The molecule has 0 saturated carbocycles. The van der Waals surface area contributed by atoms with Crippen molar-refractivity contribution in [1.29, 1.82) is 0 Å². The Kier molecular flexibility index (Phi) is 3.36. The third kappa shape index (κ3) is 2.25. The van der Waals surface area contributed by atoms with Crippen LogP contribution in [0.4, 0.5) is 11.4 Å². The van der Waals surface area contributed by atoms with E-state index in [0.29, 0.717) is 12.1 Å². The molecular weight excluding hydrogens is 316 g/mol. The van der Waals surface area contributed by atoms with E-state index in [0.717, 1.165) is 6.42 Å². The molecule has 0 radical (unpaired) electrons. The molecule has 1 fully saturated rings. The normalized spacial score (nSPS) is 26.3. The molecule has 1 N–H and O–H groups in total. The highest BCUT2D eigenvalue weighted by molar-refractivity contribution is 5.69. The van der Waals surface area contributed by atoms with Gasteiger partial charge in [0.25, 0.3) is 0 Å². The van der Waals surface area contributed by atoms with E-state index >= 15 is 0 Å². The van der Waals surface area contributed by atoms with Crippen molar-refractivity contribution in [3.05, 3.63) is 95.6 Å². The summed E-state index contributed by atoms with van der Waals surface area (Å²) in [5.41, 5.74) is 6.75. The van der Waals surface area contributed by atoms with Crippen LogP contribution in [0.25, 0.3) is 0 Å². The molecule has 0 unspecified atom stereocenters. The molecule has 2 nitrogen and oxygen atoms in total. The Morgan fingerprint density at radius 1 is 0.923 bits per heavy atom.